The van der Waals surface area contributed by atoms with Crippen molar-refractivity contribution in [2.24, 2.45) is 0 Å². The van der Waals surface area contributed by atoms with Crippen molar-refractivity contribution in [1.82, 2.24) is 0 Å². The van der Waals surface area contributed by atoms with Crippen LogP contribution in [0.15, 0.2) is 42.5 Å². The lowest BCUT2D eigenvalue weighted by molar-refractivity contribution is 0.0935. The van der Waals surface area contributed by atoms with Gasteiger partial charge < -0.3 is 5.11 Å². The molecule has 3 nitrogen and oxygen atoms in total. The maximum Gasteiger partial charge on any atom is 0.261 e. The van der Waals surface area contributed by atoms with Crippen LogP contribution in [0.4, 0.5) is 10.1 Å². The van der Waals surface area contributed by atoms with Crippen LogP contribution in [0.25, 0.3) is 0 Å². The molecular formula is C16H10FNO2. The van der Waals surface area contributed by atoms with E-state index in [0.717, 1.165) is 0 Å². The largest absolute Gasteiger partial charge is 0.369 e. The van der Waals surface area contributed by atoms with Gasteiger partial charge in [-0.05, 0) is 24.3 Å². The van der Waals surface area contributed by atoms with Gasteiger partial charge in [-0.3, -0.25) is 9.69 Å². The number of anilines is 1. The minimum atomic E-state index is -1.09. The Labute approximate surface area is 115 Å². The number of terminal acetylenes is 1. The Morgan fingerprint density at radius 2 is 2.00 bits per heavy atom. The number of fused-ring (bicyclic) bond motifs is 1. The summed E-state index contributed by atoms with van der Waals surface area (Å²) in [5, 5.41) is 10.3. The number of hydrogen-bond acceptors (Lipinski definition) is 2. The van der Waals surface area contributed by atoms with Crippen LogP contribution in [0.3, 0.4) is 0 Å². The van der Waals surface area contributed by atoms with Gasteiger partial charge in [0, 0.05) is 16.8 Å². The average molecular weight is 267 g/mol. The molecule has 1 amide bonds. The number of aliphatic hydroxyl groups is 1. The second-order valence-corrected chi connectivity index (χ2v) is 4.44. The molecule has 98 valence electrons. The summed E-state index contributed by atoms with van der Waals surface area (Å²) in [6.07, 6.45) is 4.13. The number of carbonyl (C=O) groups excluding carboxylic acids is 1. The smallest absolute Gasteiger partial charge is 0.261 e. The van der Waals surface area contributed by atoms with Crippen LogP contribution in [0, 0.1) is 18.2 Å². The topological polar surface area (TPSA) is 40.5 Å². The predicted molar refractivity (Wildman–Crippen MR) is 72.5 cm³/mol. The fraction of sp³-hybridized carbons (Fsp3) is 0.0625. The van der Waals surface area contributed by atoms with Gasteiger partial charge in [0.2, 0.25) is 0 Å². The van der Waals surface area contributed by atoms with Crippen LogP contribution in [0.2, 0.25) is 0 Å². The van der Waals surface area contributed by atoms with Crippen molar-refractivity contribution in [1.29, 1.82) is 0 Å². The molecule has 20 heavy (non-hydrogen) atoms. The molecule has 1 aliphatic rings. The van der Waals surface area contributed by atoms with Crippen LogP contribution >= 0.6 is 0 Å². The van der Waals surface area contributed by atoms with Crippen molar-refractivity contribution < 1.29 is 14.3 Å². The zero-order chi connectivity index (χ0) is 14.3. The van der Waals surface area contributed by atoms with E-state index in [1.54, 1.807) is 24.3 Å². The van der Waals surface area contributed by atoms with E-state index < -0.39 is 12.0 Å². The molecule has 0 aromatic heterocycles. The third kappa shape index (κ3) is 1.68. The fourth-order valence-corrected chi connectivity index (χ4v) is 2.33. The second kappa shape index (κ2) is 4.48. The number of carbonyl (C=O) groups is 1. The molecule has 1 atom stereocenters. The number of hydrogen-bond donors (Lipinski definition) is 1. The molecule has 0 radical (unpaired) electrons. The molecule has 1 heterocycles. The van der Waals surface area contributed by atoms with E-state index in [-0.39, 0.29) is 11.5 Å². The Morgan fingerprint density at radius 1 is 1.25 bits per heavy atom. The van der Waals surface area contributed by atoms with E-state index in [1.165, 1.54) is 23.1 Å². The summed E-state index contributed by atoms with van der Waals surface area (Å²) in [4.78, 5) is 13.5. The maximum absolute atomic E-state index is 13.4. The fourth-order valence-electron chi connectivity index (χ4n) is 2.33. The number of aliphatic hydroxyl groups excluding tert-OH is 1. The van der Waals surface area contributed by atoms with Crippen LogP contribution in [0.1, 0.15) is 27.7 Å². The number of amides is 1. The quantitative estimate of drug-likeness (QED) is 0.806. The molecule has 1 N–H and O–H groups in total. The first-order valence-corrected chi connectivity index (χ1v) is 6.00. The summed E-state index contributed by atoms with van der Waals surface area (Å²) in [5.74, 6) is 1.35. The Kier molecular flexibility index (Phi) is 2.78. The Bertz CT molecular complexity index is 748. The Hall–Kier alpha value is -2.64. The zero-order valence-electron chi connectivity index (χ0n) is 10.4. The minimum absolute atomic E-state index is 0.0541. The third-order valence-electron chi connectivity index (χ3n) is 3.32. The molecule has 1 unspecified atom stereocenters. The average Bonchev–Trinajstić information content (AvgIpc) is 2.72. The van der Waals surface area contributed by atoms with Crippen molar-refractivity contribution in [3.8, 4) is 12.3 Å². The van der Waals surface area contributed by atoms with Crippen molar-refractivity contribution in [2.45, 2.75) is 6.23 Å². The van der Waals surface area contributed by atoms with E-state index in [0.29, 0.717) is 16.8 Å². The number of rotatable bonds is 1. The number of halogens is 1. The van der Waals surface area contributed by atoms with E-state index >= 15 is 0 Å². The highest BCUT2D eigenvalue weighted by atomic mass is 19.1. The molecule has 0 fully saturated rings. The highest BCUT2D eigenvalue weighted by Crippen LogP contribution is 2.36. The molecule has 0 saturated heterocycles. The van der Waals surface area contributed by atoms with E-state index in [4.69, 9.17) is 6.42 Å². The first-order chi connectivity index (χ1) is 9.63. The van der Waals surface area contributed by atoms with E-state index in [2.05, 4.69) is 5.92 Å². The molecule has 4 heteroatoms. The summed E-state index contributed by atoms with van der Waals surface area (Å²) in [7, 11) is 0. The van der Waals surface area contributed by atoms with Crippen molar-refractivity contribution in [3.05, 3.63) is 65.0 Å². The van der Waals surface area contributed by atoms with Gasteiger partial charge in [0.1, 0.15) is 5.82 Å². The van der Waals surface area contributed by atoms with Crippen molar-refractivity contribution in [3.63, 3.8) is 0 Å². The number of nitrogens with zero attached hydrogens (tertiary/aromatic N) is 1. The van der Waals surface area contributed by atoms with Gasteiger partial charge in [0.05, 0.1) is 5.56 Å². The van der Waals surface area contributed by atoms with Crippen molar-refractivity contribution >= 4 is 11.6 Å². The van der Waals surface area contributed by atoms with Gasteiger partial charge >= 0.3 is 0 Å². The van der Waals surface area contributed by atoms with E-state index in [9.17, 15) is 14.3 Å². The summed E-state index contributed by atoms with van der Waals surface area (Å²) >= 11 is 0. The third-order valence-corrected chi connectivity index (χ3v) is 3.32. The monoisotopic (exact) mass is 267 g/mol. The minimum Gasteiger partial charge on any atom is -0.369 e. The predicted octanol–water partition coefficient (Wildman–Crippen LogP) is 2.46. The normalized spacial score (nSPS) is 16.9. The summed E-state index contributed by atoms with van der Waals surface area (Å²) in [6, 6.07) is 10.8. The lowest BCUT2D eigenvalue weighted by Gasteiger charge is -2.21. The van der Waals surface area contributed by atoms with Gasteiger partial charge in [-0.1, -0.05) is 24.1 Å². The standard InChI is InChI=1S/C16H10FNO2/c1-2-10-9-11(7-8-14(10)17)18-15(19)12-5-3-4-6-13(12)16(18)20/h1,3-9,15,19H. The summed E-state index contributed by atoms with van der Waals surface area (Å²) < 4.78 is 13.4. The molecular weight excluding hydrogens is 257 g/mol. The lowest BCUT2D eigenvalue weighted by atomic mass is 10.1. The van der Waals surface area contributed by atoms with E-state index in [1.807, 2.05) is 0 Å². The highest BCUT2D eigenvalue weighted by Gasteiger charge is 2.36. The van der Waals surface area contributed by atoms with Gasteiger partial charge in [-0.25, -0.2) is 4.39 Å². The highest BCUT2D eigenvalue weighted by molar-refractivity contribution is 6.10. The molecule has 0 bridgehead atoms. The first-order valence-electron chi connectivity index (χ1n) is 6.00. The summed E-state index contributed by atoms with van der Waals surface area (Å²) in [6.45, 7) is 0. The lowest BCUT2D eigenvalue weighted by Crippen LogP contribution is -2.27. The maximum atomic E-state index is 13.4. The molecule has 2 aromatic carbocycles. The molecule has 0 aliphatic carbocycles. The van der Waals surface area contributed by atoms with Gasteiger partial charge in [0.15, 0.2) is 6.23 Å². The Balaban J connectivity index is 2.10. The van der Waals surface area contributed by atoms with Crippen molar-refractivity contribution in [2.75, 3.05) is 4.90 Å². The molecule has 3 rings (SSSR count). The van der Waals surface area contributed by atoms with Gasteiger partial charge in [-0.15, -0.1) is 6.42 Å². The molecule has 2 aromatic rings. The zero-order valence-corrected chi connectivity index (χ0v) is 10.4. The SMILES string of the molecule is C#Cc1cc(N2C(=O)c3ccccc3C2O)ccc1F. The van der Waals surface area contributed by atoms with Crippen LogP contribution in [-0.4, -0.2) is 11.0 Å². The van der Waals surface area contributed by atoms with Gasteiger partial charge in [0.25, 0.3) is 5.91 Å². The summed E-state index contributed by atoms with van der Waals surface area (Å²) in [5.41, 5.74) is 1.39. The first kappa shape index (κ1) is 12.4. The molecule has 1 aliphatic heterocycles. The number of benzene rings is 2. The molecule has 0 spiro atoms. The van der Waals surface area contributed by atoms with Crippen LogP contribution in [0.5, 0.6) is 0 Å². The second-order valence-electron chi connectivity index (χ2n) is 4.44. The van der Waals surface area contributed by atoms with Crippen LogP contribution < -0.4 is 4.90 Å². The Morgan fingerprint density at radius 3 is 2.70 bits per heavy atom. The van der Waals surface area contributed by atoms with Gasteiger partial charge in [-0.2, -0.15) is 0 Å². The van der Waals surface area contributed by atoms with Crippen LogP contribution in [-0.2, 0) is 0 Å². The molecule has 0 saturated carbocycles.